The van der Waals surface area contributed by atoms with Crippen LogP contribution in [0.15, 0.2) is 24.4 Å². The highest BCUT2D eigenvalue weighted by Crippen LogP contribution is 2.29. The summed E-state index contributed by atoms with van der Waals surface area (Å²) in [5, 5.41) is 0. The molecule has 0 aliphatic heterocycles. The third kappa shape index (κ3) is 3.29. The van der Waals surface area contributed by atoms with Crippen molar-refractivity contribution in [2.45, 2.75) is 33.2 Å². The van der Waals surface area contributed by atoms with E-state index >= 15 is 0 Å². The van der Waals surface area contributed by atoms with E-state index in [0.717, 1.165) is 5.69 Å². The van der Waals surface area contributed by atoms with Crippen LogP contribution in [0, 0.1) is 5.41 Å². The maximum atomic E-state index is 12.6. The van der Waals surface area contributed by atoms with Crippen molar-refractivity contribution in [1.82, 2.24) is 9.88 Å². The van der Waals surface area contributed by atoms with Gasteiger partial charge in [0.1, 0.15) is 0 Å². The van der Waals surface area contributed by atoms with Crippen LogP contribution in [0.1, 0.15) is 32.4 Å². The molecule has 0 unspecified atom stereocenters. The van der Waals surface area contributed by atoms with Crippen molar-refractivity contribution in [1.29, 1.82) is 0 Å². The van der Waals surface area contributed by atoms with Gasteiger partial charge in [0.25, 0.3) is 0 Å². The Morgan fingerprint density at radius 1 is 1.42 bits per heavy atom. The Bertz CT molecular complexity index is 443. The molecule has 19 heavy (non-hydrogen) atoms. The number of amides is 1. The molecule has 0 aliphatic carbocycles. The zero-order valence-electron chi connectivity index (χ0n) is 11.7. The maximum absolute atomic E-state index is 12.6. The molecular formula is C14H21N3OS. The van der Waals surface area contributed by atoms with Gasteiger partial charge < -0.3 is 10.6 Å². The second kappa shape index (κ2) is 6.61. The maximum Gasteiger partial charge on any atom is 0.235 e. The van der Waals surface area contributed by atoms with E-state index in [1.807, 2.05) is 32.0 Å². The second-order valence-corrected chi connectivity index (χ2v) is 5.08. The van der Waals surface area contributed by atoms with Crippen LogP contribution in [0.4, 0.5) is 0 Å². The average molecular weight is 279 g/mol. The summed E-state index contributed by atoms with van der Waals surface area (Å²) < 4.78 is 0. The predicted molar refractivity (Wildman–Crippen MR) is 80.5 cm³/mol. The molecule has 1 heterocycles. The monoisotopic (exact) mass is 279 g/mol. The summed E-state index contributed by atoms with van der Waals surface area (Å²) in [6.07, 6.45) is 2.95. The lowest BCUT2D eigenvalue weighted by Crippen LogP contribution is -2.48. The van der Waals surface area contributed by atoms with Gasteiger partial charge in [0, 0.05) is 13.2 Å². The molecule has 1 amide bonds. The summed E-state index contributed by atoms with van der Waals surface area (Å²) in [7, 11) is 1.76. The Balaban J connectivity index is 2.89. The molecular weight excluding hydrogens is 258 g/mol. The summed E-state index contributed by atoms with van der Waals surface area (Å²) in [5.74, 6) is -0.0318. The Morgan fingerprint density at radius 3 is 2.47 bits per heavy atom. The van der Waals surface area contributed by atoms with Crippen LogP contribution >= 0.6 is 12.2 Å². The van der Waals surface area contributed by atoms with Gasteiger partial charge in [-0.2, -0.15) is 0 Å². The summed E-state index contributed by atoms with van der Waals surface area (Å²) in [5.41, 5.74) is 5.91. The molecule has 0 saturated carbocycles. The average Bonchev–Trinajstić information content (AvgIpc) is 2.41. The molecule has 1 aromatic heterocycles. The molecule has 0 spiro atoms. The Morgan fingerprint density at radius 2 is 2.05 bits per heavy atom. The standard InChI is InChI=1S/C14H21N3OS/c1-4-14(5-2,12(15)19)13(18)17(3)10-11-8-6-7-9-16-11/h6-9H,4-5,10H2,1-3H3,(H2,15,19). The number of nitrogens with two attached hydrogens (primary N) is 1. The fourth-order valence-electron chi connectivity index (χ4n) is 2.18. The zero-order valence-corrected chi connectivity index (χ0v) is 12.5. The summed E-state index contributed by atoms with van der Waals surface area (Å²) in [4.78, 5) is 18.7. The number of carbonyl (C=O) groups is 1. The molecule has 1 aromatic rings. The van der Waals surface area contributed by atoms with E-state index in [2.05, 4.69) is 4.98 Å². The van der Waals surface area contributed by atoms with Gasteiger partial charge in [-0.3, -0.25) is 9.78 Å². The van der Waals surface area contributed by atoms with E-state index in [1.165, 1.54) is 0 Å². The number of thiocarbonyl (C=S) groups is 1. The van der Waals surface area contributed by atoms with Crippen molar-refractivity contribution in [3.63, 3.8) is 0 Å². The van der Waals surface area contributed by atoms with Crippen LogP contribution in [-0.2, 0) is 11.3 Å². The lowest BCUT2D eigenvalue weighted by molar-refractivity contribution is -0.137. The number of hydrogen-bond acceptors (Lipinski definition) is 3. The van der Waals surface area contributed by atoms with Gasteiger partial charge in [-0.1, -0.05) is 32.1 Å². The van der Waals surface area contributed by atoms with Crippen LogP contribution in [0.2, 0.25) is 0 Å². The lowest BCUT2D eigenvalue weighted by Gasteiger charge is -2.33. The van der Waals surface area contributed by atoms with Crippen LogP contribution in [0.5, 0.6) is 0 Å². The highest BCUT2D eigenvalue weighted by atomic mass is 32.1. The third-order valence-electron chi connectivity index (χ3n) is 3.56. The summed E-state index contributed by atoms with van der Waals surface area (Å²) >= 11 is 5.10. The van der Waals surface area contributed by atoms with E-state index in [-0.39, 0.29) is 10.9 Å². The summed E-state index contributed by atoms with van der Waals surface area (Å²) in [6.45, 7) is 4.34. The molecule has 0 fully saturated rings. The molecule has 1 rings (SSSR count). The van der Waals surface area contributed by atoms with Crippen LogP contribution in [0.3, 0.4) is 0 Å². The molecule has 0 atom stereocenters. The van der Waals surface area contributed by atoms with E-state index < -0.39 is 5.41 Å². The van der Waals surface area contributed by atoms with Crippen molar-refractivity contribution in [2.24, 2.45) is 11.1 Å². The Labute approximate surface area is 120 Å². The van der Waals surface area contributed by atoms with Crippen LogP contribution in [0.25, 0.3) is 0 Å². The number of rotatable bonds is 6. The molecule has 4 nitrogen and oxygen atoms in total. The van der Waals surface area contributed by atoms with Gasteiger partial charge in [-0.15, -0.1) is 0 Å². The van der Waals surface area contributed by atoms with Crippen molar-refractivity contribution in [3.05, 3.63) is 30.1 Å². The smallest absolute Gasteiger partial charge is 0.235 e. The van der Waals surface area contributed by atoms with Crippen molar-refractivity contribution in [3.8, 4) is 0 Å². The second-order valence-electron chi connectivity index (χ2n) is 4.64. The van der Waals surface area contributed by atoms with Crippen molar-refractivity contribution < 1.29 is 4.79 Å². The van der Waals surface area contributed by atoms with Crippen molar-refractivity contribution >= 4 is 23.1 Å². The quantitative estimate of drug-likeness (QED) is 0.810. The highest BCUT2D eigenvalue weighted by molar-refractivity contribution is 7.80. The Kier molecular flexibility index (Phi) is 5.42. The topological polar surface area (TPSA) is 59.2 Å². The first-order valence-electron chi connectivity index (χ1n) is 6.43. The number of carbonyl (C=O) groups excluding carboxylic acids is 1. The van der Waals surface area contributed by atoms with Gasteiger partial charge in [-0.25, -0.2) is 0 Å². The normalized spacial score (nSPS) is 11.1. The van der Waals surface area contributed by atoms with E-state index in [0.29, 0.717) is 19.4 Å². The fraction of sp³-hybridized carbons (Fsp3) is 0.500. The minimum absolute atomic E-state index is 0.0318. The summed E-state index contributed by atoms with van der Waals surface area (Å²) in [6, 6.07) is 5.65. The number of nitrogens with zero attached hydrogens (tertiary/aromatic N) is 2. The van der Waals surface area contributed by atoms with Gasteiger partial charge in [0.2, 0.25) is 5.91 Å². The van der Waals surface area contributed by atoms with Crippen molar-refractivity contribution in [2.75, 3.05) is 7.05 Å². The molecule has 0 radical (unpaired) electrons. The van der Waals surface area contributed by atoms with Gasteiger partial charge >= 0.3 is 0 Å². The molecule has 0 saturated heterocycles. The lowest BCUT2D eigenvalue weighted by atomic mass is 9.81. The minimum Gasteiger partial charge on any atom is -0.392 e. The zero-order chi connectivity index (χ0) is 14.5. The number of hydrogen-bond donors (Lipinski definition) is 1. The first kappa shape index (κ1) is 15.6. The van der Waals surface area contributed by atoms with E-state index in [1.54, 1.807) is 18.1 Å². The van der Waals surface area contributed by atoms with E-state index in [4.69, 9.17) is 18.0 Å². The molecule has 0 aromatic carbocycles. The third-order valence-corrected chi connectivity index (χ3v) is 3.95. The largest absolute Gasteiger partial charge is 0.392 e. The predicted octanol–water partition coefficient (Wildman–Crippen LogP) is 2.13. The molecule has 2 N–H and O–H groups in total. The Hall–Kier alpha value is -1.49. The van der Waals surface area contributed by atoms with Crippen LogP contribution in [-0.4, -0.2) is 27.8 Å². The van der Waals surface area contributed by atoms with E-state index in [9.17, 15) is 4.79 Å². The molecule has 0 aliphatic rings. The number of pyridine rings is 1. The number of aromatic nitrogens is 1. The molecule has 104 valence electrons. The van der Waals surface area contributed by atoms with Crippen LogP contribution < -0.4 is 5.73 Å². The SMILES string of the molecule is CCC(CC)(C(=O)N(C)Cc1ccccn1)C(N)=S. The minimum atomic E-state index is -0.737. The molecule has 0 bridgehead atoms. The first-order chi connectivity index (χ1) is 8.97. The fourth-order valence-corrected chi connectivity index (χ4v) is 2.55. The van der Waals surface area contributed by atoms with Gasteiger partial charge in [0.05, 0.1) is 22.6 Å². The first-order valence-corrected chi connectivity index (χ1v) is 6.84. The molecule has 5 heteroatoms. The highest BCUT2D eigenvalue weighted by Gasteiger charge is 2.39. The van der Waals surface area contributed by atoms with Gasteiger partial charge in [0.15, 0.2) is 0 Å². The van der Waals surface area contributed by atoms with Gasteiger partial charge in [-0.05, 0) is 25.0 Å².